The van der Waals surface area contributed by atoms with Gasteiger partial charge in [0.15, 0.2) is 5.58 Å². The Morgan fingerprint density at radius 2 is 2.19 bits per heavy atom. The van der Waals surface area contributed by atoms with Gasteiger partial charge in [-0.05, 0) is 42.7 Å². The summed E-state index contributed by atoms with van der Waals surface area (Å²) in [6.45, 7) is 14.8. The van der Waals surface area contributed by atoms with Crippen molar-refractivity contribution in [2.45, 2.75) is 6.42 Å². The van der Waals surface area contributed by atoms with Crippen LogP contribution >= 0.6 is 0 Å². The van der Waals surface area contributed by atoms with Gasteiger partial charge in [0.25, 0.3) is 0 Å². The predicted octanol–water partition coefficient (Wildman–Crippen LogP) is 4.02. The minimum atomic E-state index is -0.480. The van der Waals surface area contributed by atoms with Gasteiger partial charge in [0, 0.05) is 54.5 Å². The van der Waals surface area contributed by atoms with Crippen LogP contribution in [0.5, 0.6) is 0 Å². The number of rotatable bonds is 7. The Morgan fingerprint density at radius 1 is 1.34 bits per heavy atom. The van der Waals surface area contributed by atoms with E-state index in [1.807, 2.05) is 18.2 Å². The number of benzene rings is 1. The molecular weight excluding hydrogens is 404 g/mol. The highest BCUT2D eigenvalue weighted by Gasteiger charge is 2.28. The zero-order valence-corrected chi connectivity index (χ0v) is 17.7. The van der Waals surface area contributed by atoms with Crippen LogP contribution in [0.1, 0.15) is 12.0 Å². The molecule has 8 nitrogen and oxygen atoms in total. The SMILES string of the molecule is C=CC(=C)N1CC(CCN2C(=C)C=Cc3cnc(Nc4ccc5[nH]c(=O)oc5c4)nc32)C1. The van der Waals surface area contributed by atoms with Gasteiger partial charge in [-0.2, -0.15) is 4.98 Å². The lowest BCUT2D eigenvalue weighted by atomic mass is 9.95. The van der Waals surface area contributed by atoms with Crippen LogP contribution in [-0.2, 0) is 0 Å². The summed E-state index contributed by atoms with van der Waals surface area (Å²) in [7, 11) is 0. The van der Waals surface area contributed by atoms with E-state index >= 15 is 0 Å². The number of aromatic nitrogens is 3. The topological polar surface area (TPSA) is 90.3 Å². The van der Waals surface area contributed by atoms with E-state index in [1.165, 1.54) is 0 Å². The van der Waals surface area contributed by atoms with Gasteiger partial charge in [0.05, 0.1) is 5.52 Å². The number of nitrogens with zero attached hydrogens (tertiary/aromatic N) is 4. The predicted molar refractivity (Wildman–Crippen MR) is 127 cm³/mol. The third-order valence-electron chi connectivity index (χ3n) is 5.89. The normalized spacial score (nSPS) is 15.6. The summed E-state index contributed by atoms with van der Waals surface area (Å²) in [5, 5.41) is 3.20. The van der Waals surface area contributed by atoms with Crippen molar-refractivity contribution in [3.63, 3.8) is 0 Å². The lowest BCUT2D eigenvalue weighted by Crippen LogP contribution is -2.46. The molecule has 4 heterocycles. The number of hydrogen-bond acceptors (Lipinski definition) is 7. The lowest BCUT2D eigenvalue weighted by Gasteiger charge is -2.42. The molecule has 3 aromatic rings. The molecule has 5 rings (SSSR count). The summed E-state index contributed by atoms with van der Waals surface area (Å²) in [6.07, 6.45) is 8.61. The van der Waals surface area contributed by atoms with Crippen LogP contribution in [0.15, 0.2) is 76.9 Å². The molecular formula is C24H24N6O2. The molecule has 2 aliphatic heterocycles. The highest BCUT2D eigenvalue weighted by atomic mass is 16.4. The van der Waals surface area contributed by atoms with Gasteiger partial charge < -0.3 is 19.5 Å². The van der Waals surface area contributed by atoms with E-state index in [2.05, 4.69) is 44.8 Å². The molecule has 0 radical (unpaired) electrons. The van der Waals surface area contributed by atoms with Crippen molar-refractivity contribution in [2.75, 3.05) is 29.9 Å². The fourth-order valence-corrected chi connectivity index (χ4v) is 4.02. The summed E-state index contributed by atoms with van der Waals surface area (Å²) in [6, 6.07) is 5.36. The van der Waals surface area contributed by atoms with Crippen LogP contribution in [0, 0.1) is 5.92 Å². The Balaban J connectivity index is 1.31. The molecule has 1 saturated heterocycles. The molecule has 0 atom stereocenters. The van der Waals surface area contributed by atoms with Gasteiger partial charge in [0.1, 0.15) is 5.82 Å². The monoisotopic (exact) mass is 428 g/mol. The fourth-order valence-electron chi connectivity index (χ4n) is 4.02. The molecule has 2 N–H and O–H groups in total. The number of anilines is 3. The number of aromatic amines is 1. The van der Waals surface area contributed by atoms with Gasteiger partial charge in [-0.3, -0.25) is 4.98 Å². The van der Waals surface area contributed by atoms with E-state index in [4.69, 9.17) is 9.40 Å². The molecule has 2 aromatic heterocycles. The van der Waals surface area contributed by atoms with Crippen LogP contribution in [-0.4, -0.2) is 39.5 Å². The summed E-state index contributed by atoms with van der Waals surface area (Å²) in [4.78, 5) is 27.6. The Labute approximate surface area is 185 Å². The minimum absolute atomic E-state index is 0.464. The van der Waals surface area contributed by atoms with Crippen LogP contribution < -0.4 is 16.0 Å². The first-order chi connectivity index (χ1) is 15.5. The van der Waals surface area contributed by atoms with E-state index < -0.39 is 5.76 Å². The Hall–Kier alpha value is -4.07. The zero-order chi connectivity index (χ0) is 22.2. The first-order valence-corrected chi connectivity index (χ1v) is 10.5. The average molecular weight is 428 g/mol. The smallest absolute Gasteiger partial charge is 0.408 e. The number of fused-ring (bicyclic) bond motifs is 2. The van der Waals surface area contributed by atoms with Gasteiger partial charge in [-0.25, -0.2) is 9.78 Å². The highest BCUT2D eigenvalue weighted by Crippen LogP contribution is 2.31. The second kappa shape index (κ2) is 7.88. The average Bonchev–Trinajstić information content (AvgIpc) is 3.13. The number of H-pyrrole nitrogens is 1. The van der Waals surface area contributed by atoms with Gasteiger partial charge >= 0.3 is 5.76 Å². The highest BCUT2D eigenvalue weighted by molar-refractivity contribution is 5.78. The quantitative estimate of drug-likeness (QED) is 0.549. The molecule has 0 spiro atoms. The van der Waals surface area contributed by atoms with E-state index in [0.29, 0.717) is 23.0 Å². The maximum atomic E-state index is 11.4. The fraction of sp³-hybridized carbons (Fsp3) is 0.208. The lowest BCUT2D eigenvalue weighted by molar-refractivity contribution is 0.143. The summed E-state index contributed by atoms with van der Waals surface area (Å²) in [5.74, 6) is 1.42. The number of oxazole rings is 1. The van der Waals surface area contributed by atoms with Crippen LogP contribution in [0.2, 0.25) is 0 Å². The molecule has 0 aliphatic carbocycles. The van der Waals surface area contributed by atoms with Crippen LogP contribution in [0.3, 0.4) is 0 Å². The minimum Gasteiger partial charge on any atom is -0.408 e. The van der Waals surface area contributed by atoms with Crippen molar-refractivity contribution in [1.82, 2.24) is 19.9 Å². The molecule has 1 fully saturated rings. The van der Waals surface area contributed by atoms with Crippen LogP contribution in [0.25, 0.3) is 17.2 Å². The first-order valence-electron chi connectivity index (χ1n) is 10.5. The van der Waals surface area contributed by atoms with E-state index in [9.17, 15) is 4.79 Å². The molecule has 8 heteroatoms. The van der Waals surface area contributed by atoms with E-state index in [0.717, 1.165) is 54.5 Å². The first kappa shape index (κ1) is 19.9. The Kier molecular flexibility index (Phi) is 4.89. The second-order valence-corrected chi connectivity index (χ2v) is 8.05. The Morgan fingerprint density at radius 3 is 3.00 bits per heavy atom. The Bertz CT molecular complexity index is 1310. The molecule has 0 unspecified atom stereocenters. The number of hydrogen-bond donors (Lipinski definition) is 2. The molecule has 0 amide bonds. The summed E-state index contributed by atoms with van der Waals surface area (Å²) in [5.41, 5.74) is 4.69. The molecule has 0 saturated carbocycles. The van der Waals surface area contributed by atoms with E-state index in [1.54, 1.807) is 24.4 Å². The van der Waals surface area contributed by atoms with Gasteiger partial charge in [-0.1, -0.05) is 19.7 Å². The van der Waals surface area contributed by atoms with Crippen molar-refractivity contribution in [3.05, 3.63) is 83.8 Å². The summed E-state index contributed by atoms with van der Waals surface area (Å²) < 4.78 is 5.13. The third-order valence-corrected chi connectivity index (χ3v) is 5.89. The zero-order valence-electron chi connectivity index (χ0n) is 17.7. The standard InChI is InChI=1S/C24H24N6O2/c1-4-15(2)29-13-17(14-29)9-10-30-16(3)5-6-18-12-25-23(28-22(18)30)26-19-7-8-20-21(11-19)32-24(31)27-20/h4-8,11-12,17H,1-3,9-10,13-14H2,(H,27,31)(H,25,26,28). The molecule has 162 valence electrons. The van der Waals surface area contributed by atoms with Crippen molar-refractivity contribution in [1.29, 1.82) is 0 Å². The van der Waals surface area contributed by atoms with Gasteiger partial charge in [-0.15, -0.1) is 0 Å². The molecule has 0 bridgehead atoms. The van der Waals surface area contributed by atoms with Crippen molar-refractivity contribution in [2.24, 2.45) is 5.92 Å². The number of nitrogens with one attached hydrogen (secondary N) is 2. The molecule has 32 heavy (non-hydrogen) atoms. The second-order valence-electron chi connectivity index (χ2n) is 8.05. The van der Waals surface area contributed by atoms with Crippen molar-refractivity contribution in [3.8, 4) is 0 Å². The van der Waals surface area contributed by atoms with E-state index in [-0.39, 0.29) is 0 Å². The number of allylic oxidation sites excluding steroid dienone is 2. The maximum Gasteiger partial charge on any atom is 0.417 e. The van der Waals surface area contributed by atoms with Gasteiger partial charge in [0.2, 0.25) is 5.95 Å². The molecule has 2 aliphatic rings. The molecule has 1 aromatic carbocycles. The number of likely N-dealkylation sites (tertiary alicyclic amines) is 1. The maximum absolute atomic E-state index is 11.4. The van der Waals surface area contributed by atoms with Crippen molar-refractivity contribution >= 4 is 34.6 Å². The summed E-state index contributed by atoms with van der Waals surface area (Å²) >= 11 is 0. The largest absolute Gasteiger partial charge is 0.417 e. The van der Waals surface area contributed by atoms with Crippen molar-refractivity contribution < 1.29 is 4.42 Å². The third kappa shape index (κ3) is 3.71. The van der Waals surface area contributed by atoms with Crippen LogP contribution in [0.4, 0.5) is 17.5 Å².